The Morgan fingerprint density at radius 2 is 1.52 bits per heavy atom. The van der Waals surface area contributed by atoms with Crippen LogP contribution in [0.4, 0.5) is 0 Å². The fourth-order valence-electron chi connectivity index (χ4n) is 1.72. The standard InChI is InChI=1S/C13H19NO10S/c1-8-2-4-9(5-3-8)25(21,22)24-7-11(16)13(18)12(17)10(15)6-23-14(19)20/h2-5,10-13,15-18H,6-7H2,1H3/t10-,11+,12-,13+/m1/s1. The van der Waals surface area contributed by atoms with Gasteiger partial charge in [0.2, 0.25) is 0 Å². The lowest BCUT2D eigenvalue weighted by Gasteiger charge is -2.25. The summed E-state index contributed by atoms with van der Waals surface area (Å²) in [4.78, 5) is 13.7. The quantitative estimate of drug-likeness (QED) is 0.209. The van der Waals surface area contributed by atoms with Gasteiger partial charge in [-0.15, -0.1) is 10.1 Å². The van der Waals surface area contributed by atoms with E-state index in [1.165, 1.54) is 24.3 Å². The van der Waals surface area contributed by atoms with E-state index in [4.69, 9.17) is 0 Å². The Morgan fingerprint density at radius 1 is 1.04 bits per heavy atom. The van der Waals surface area contributed by atoms with E-state index in [1.54, 1.807) is 6.92 Å². The maximum atomic E-state index is 11.9. The zero-order valence-corrected chi connectivity index (χ0v) is 13.9. The van der Waals surface area contributed by atoms with Crippen molar-refractivity contribution in [3.63, 3.8) is 0 Å². The monoisotopic (exact) mass is 381 g/mol. The summed E-state index contributed by atoms with van der Waals surface area (Å²) >= 11 is 0. The first kappa shape index (κ1) is 21.2. The van der Waals surface area contributed by atoms with Crippen molar-refractivity contribution in [3.8, 4) is 0 Å². The second-order valence-electron chi connectivity index (χ2n) is 5.19. The van der Waals surface area contributed by atoms with Crippen LogP contribution < -0.4 is 0 Å². The Kier molecular flexibility index (Phi) is 7.66. The van der Waals surface area contributed by atoms with Crippen LogP contribution in [0, 0.1) is 17.0 Å². The average Bonchev–Trinajstić information content (AvgIpc) is 2.56. The molecule has 142 valence electrons. The molecule has 4 atom stereocenters. The largest absolute Gasteiger partial charge is 0.388 e. The molecular formula is C13H19NO10S. The van der Waals surface area contributed by atoms with Gasteiger partial charge in [-0.2, -0.15) is 8.42 Å². The van der Waals surface area contributed by atoms with Gasteiger partial charge >= 0.3 is 0 Å². The summed E-state index contributed by atoms with van der Waals surface area (Å²) in [6, 6.07) is 5.66. The average molecular weight is 381 g/mol. The first-order valence-electron chi connectivity index (χ1n) is 7.00. The highest BCUT2D eigenvalue weighted by atomic mass is 32.2. The Balaban J connectivity index is 2.60. The number of aliphatic hydroxyl groups excluding tert-OH is 4. The number of rotatable bonds is 10. The molecule has 1 aromatic rings. The molecule has 0 spiro atoms. The van der Waals surface area contributed by atoms with Gasteiger partial charge in [0.25, 0.3) is 15.2 Å². The van der Waals surface area contributed by atoms with Crippen molar-refractivity contribution >= 4 is 10.1 Å². The topological polar surface area (TPSA) is 177 Å². The van der Waals surface area contributed by atoms with Crippen LogP contribution in [-0.2, 0) is 19.1 Å². The third kappa shape index (κ3) is 6.53. The van der Waals surface area contributed by atoms with Gasteiger partial charge in [0.05, 0.1) is 11.5 Å². The molecule has 0 amide bonds. The van der Waals surface area contributed by atoms with Crippen molar-refractivity contribution in [2.45, 2.75) is 36.2 Å². The molecule has 0 fully saturated rings. The summed E-state index contributed by atoms with van der Waals surface area (Å²) in [5, 5.41) is 47.1. The second-order valence-corrected chi connectivity index (χ2v) is 6.80. The molecule has 0 saturated carbocycles. The molecule has 0 saturated heterocycles. The fourth-order valence-corrected chi connectivity index (χ4v) is 2.65. The summed E-state index contributed by atoms with van der Waals surface area (Å²) in [5.41, 5.74) is 0.823. The Bertz CT molecular complexity index is 662. The van der Waals surface area contributed by atoms with Gasteiger partial charge in [-0.25, -0.2) is 0 Å². The number of benzene rings is 1. The molecule has 0 aromatic heterocycles. The molecule has 0 radical (unpaired) electrons. The second kappa shape index (κ2) is 9.03. The molecule has 0 heterocycles. The molecule has 11 nitrogen and oxygen atoms in total. The Labute approximate surface area is 143 Å². The number of nitrogens with zero attached hydrogens (tertiary/aromatic N) is 1. The van der Waals surface area contributed by atoms with Gasteiger partial charge in [-0.3, -0.25) is 4.18 Å². The zero-order valence-electron chi connectivity index (χ0n) is 13.1. The first-order valence-corrected chi connectivity index (χ1v) is 8.41. The van der Waals surface area contributed by atoms with Crippen LogP contribution in [0.25, 0.3) is 0 Å². The van der Waals surface area contributed by atoms with Crippen molar-refractivity contribution in [2.75, 3.05) is 13.2 Å². The van der Waals surface area contributed by atoms with Gasteiger partial charge in [-0.05, 0) is 19.1 Å². The Morgan fingerprint density at radius 3 is 2.00 bits per heavy atom. The van der Waals surface area contributed by atoms with E-state index in [0.29, 0.717) is 0 Å². The van der Waals surface area contributed by atoms with E-state index in [-0.39, 0.29) is 4.90 Å². The van der Waals surface area contributed by atoms with Crippen LogP contribution >= 0.6 is 0 Å². The first-order chi connectivity index (χ1) is 11.5. The molecule has 0 aliphatic carbocycles. The normalized spacial score (nSPS) is 16.7. The number of hydrogen-bond donors (Lipinski definition) is 4. The summed E-state index contributed by atoms with van der Waals surface area (Å²) in [6.45, 7) is -0.0928. The summed E-state index contributed by atoms with van der Waals surface area (Å²) in [7, 11) is -4.20. The molecule has 4 N–H and O–H groups in total. The fraction of sp³-hybridized carbons (Fsp3) is 0.538. The van der Waals surface area contributed by atoms with Crippen molar-refractivity contribution < 1.29 is 43.0 Å². The zero-order chi connectivity index (χ0) is 19.2. The van der Waals surface area contributed by atoms with Crippen molar-refractivity contribution in [1.29, 1.82) is 0 Å². The molecular weight excluding hydrogens is 362 g/mol. The molecule has 0 aliphatic rings. The number of hydrogen-bond acceptors (Lipinski definition) is 10. The highest BCUT2D eigenvalue weighted by Crippen LogP contribution is 2.15. The highest BCUT2D eigenvalue weighted by Gasteiger charge is 2.32. The lowest BCUT2D eigenvalue weighted by Crippen LogP contribution is -2.48. The van der Waals surface area contributed by atoms with Crippen LogP contribution in [0.1, 0.15) is 5.56 Å². The summed E-state index contributed by atoms with van der Waals surface area (Å²) in [5.74, 6) is 0. The van der Waals surface area contributed by atoms with Gasteiger partial charge in [0.1, 0.15) is 31.0 Å². The van der Waals surface area contributed by atoms with E-state index < -0.39 is 52.8 Å². The number of aliphatic hydroxyl groups is 4. The van der Waals surface area contributed by atoms with Crippen LogP contribution in [0.3, 0.4) is 0 Å². The van der Waals surface area contributed by atoms with Gasteiger partial charge in [-0.1, -0.05) is 17.7 Å². The van der Waals surface area contributed by atoms with Crippen molar-refractivity contribution in [3.05, 3.63) is 39.9 Å². The van der Waals surface area contributed by atoms with Gasteiger partial charge in [0.15, 0.2) is 0 Å². The highest BCUT2D eigenvalue weighted by molar-refractivity contribution is 7.86. The van der Waals surface area contributed by atoms with Crippen LogP contribution in [0.5, 0.6) is 0 Å². The van der Waals surface area contributed by atoms with Gasteiger partial charge < -0.3 is 25.3 Å². The Hall–Kier alpha value is -1.83. The van der Waals surface area contributed by atoms with Crippen molar-refractivity contribution in [2.24, 2.45) is 0 Å². The molecule has 1 aromatic carbocycles. The SMILES string of the molecule is Cc1ccc(S(=O)(=O)OC[C@H](O)[C@H](O)[C@H](O)[C@H](O)CO[N+](=O)[O-])cc1. The molecule has 1 rings (SSSR count). The molecule has 0 aliphatic heterocycles. The van der Waals surface area contributed by atoms with Crippen LogP contribution in [0.2, 0.25) is 0 Å². The predicted molar refractivity (Wildman–Crippen MR) is 81.3 cm³/mol. The molecule has 25 heavy (non-hydrogen) atoms. The van der Waals surface area contributed by atoms with E-state index in [2.05, 4.69) is 9.02 Å². The lowest BCUT2D eigenvalue weighted by molar-refractivity contribution is -0.759. The third-order valence-electron chi connectivity index (χ3n) is 3.19. The predicted octanol–water partition coefficient (Wildman–Crippen LogP) is -1.65. The molecule has 0 bridgehead atoms. The van der Waals surface area contributed by atoms with E-state index in [9.17, 15) is 39.0 Å². The maximum Gasteiger partial charge on any atom is 0.297 e. The third-order valence-corrected chi connectivity index (χ3v) is 4.49. The lowest BCUT2D eigenvalue weighted by atomic mass is 10.0. The number of aryl methyl sites for hydroxylation is 1. The van der Waals surface area contributed by atoms with E-state index >= 15 is 0 Å². The van der Waals surface area contributed by atoms with Gasteiger partial charge in [0, 0.05) is 0 Å². The maximum absolute atomic E-state index is 11.9. The minimum atomic E-state index is -4.20. The minimum Gasteiger partial charge on any atom is -0.388 e. The smallest absolute Gasteiger partial charge is 0.297 e. The van der Waals surface area contributed by atoms with Crippen LogP contribution in [0.15, 0.2) is 29.2 Å². The summed E-state index contributed by atoms with van der Waals surface area (Å²) < 4.78 is 28.5. The van der Waals surface area contributed by atoms with Crippen molar-refractivity contribution in [1.82, 2.24) is 0 Å². The van der Waals surface area contributed by atoms with Crippen LogP contribution in [-0.4, -0.2) is 71.6 Å². The molecule has 12 heteroatoms. The van der Waals surface area contributed by atoms with E-state index in [1.807, 2.05) is 0 Å². The van der Waals surface area contributed by atoms with E-state index in [0.717, 1.165) is 5.56 Å². The summed E-state index contributed by atoms with van der Waals surface area (Å²) in [6.07, 6.45) is -7.83. The minimum absolute atomic E-state index is 0.167. The molecule has 0 unspecified atom stereocenters.